The first-order valence-corrected chi connectivity index (χ1v) is 7.01. The van der Waals surface area contributed by atoms with Crippen molar-refractivity contribution in [2.75, 3.05) is 0 Å². The Bertz CT molecular complexity index is 903. The first-order chi connectivity index (χ1) is 11.3. The minimum Gasteiger partial charge on any atom is -0.345 e. The van der Waals surface area contributed by atoms with E-state index in [-0.39, 0.29) is 5.91 Å². The molecule has 0 unspecified atom stereocenters. The van der Waals surface area contributed by atoms with Gasteiger partial charge in [0.15, 0.2) is 11.5 Å². The molecule has 3 rings (SSSR count). The predicted octanol–water partition coefficient (Wildman–Crippen LogP) is 1.93. The summed E-state index contributed by atoms with van der Waals surface area (Å²) in [5.74, 6) is 0.447. The van der Waals surface area contributed by atoms with Gasteiger partial charge in [-0.1, -0.05) is 18.2 Å². The van der Waals surface area contributed by atoms with Crippen molar-refractivity contribution in [2.45, 2.75) is 6.54 Å². The van der Waals surface area contributed by atoms with E-state index in [4.69, 9.17) is 5.26 Å². The highest BCUT2D eigenvalue weighted by molar-refractivity contribution is 5.91. The highest BCUT2D eigenvalue weighted by Crippen LogP contribution is 2.05. The molecule has 0 aliphatic heterocycles. The van der Waals surface area contributed by atoms with Crippen molar-refractivity contribution < 1.29 is 4.79 Å². The van der Waals surface area contributed by atoms with Crippen LogP contribution in [0.25, 0.3) is 11.7 Å². The van der Waals surface area contributed by atoms with Gasteiger partial charge in [0, 0.05) is 12.3 Å². The summed E-state index contributed by atoms with van der Waals surface area (Å²) in [6.45, 7) is 0.293. The van der Waals surface area contributed by atoms with Gasteiger partial charge in [0.2, 0.25) is 5.91 Å². The molecule has 1 aromatic carbocycles. The van der Waals surface area contributed by atoms with E-state index in [1.165, 1.54) is 6.08 Å². The Balaban J connectivity index is 1.61. The maximum atomic E-state index is 11.9. The number of nitriles is 1. The molecule has 112 valence electrons. The first kappa shape index (κ1) is 14.5. The van der Waals surface area contributed by atoms with Gasteiger partial charge in [-0.2, -0.15) is 5.26 Å². The molecule has 0 aliphatic carbocycles. The number of carbonyl (C=O) groups is 1. The number of benzene rings is 1. The second-order valence-electron chi connectivity index (χ2n) is 4.83. The van der Waals surface area contributed by atoms with Gasteiger partial charge in [-0.05, 0) is 35.9 Å². The minimum absolute atomic E-state index is 0.220. The Morgan fingerprint density at radius 1 is 1.22 bits per heavy atom. The number of hydrogen-bond donors (Lipinski definition) is 1. The topological polar surface area (TPSA) is 83.1 Å². The van der Waals surface area contributed by atoms with Crippen molar-refractivity contribution in [1.82, 2.24) is 19.9 Å². The van der Waals surface area contributed by atoms with Crippen molar-refractivity contribution in [3.05, 3.63) is 71.7 Å². The average molecular weight is 303 g/mol. The molecule has 3 aromatic rings. The Hall–Kier alpha value is -3.46. The van der Waals surface area contributed by atoms with Gasteiger partial charge in [-0.25, -0.2) is 0 Å². The van der Waals surface area contributed by atoms with Gasteiger partial charge in [0.1, 0.15) is 0 Å². The number of nitrogens with one attached hydrogen (secondary N) is 1. The Morgan fingerprint density at radius 3 is 2.83 bits per heavy atom. The number of aromatic nitrogens is 3. The molecule has 0 saturated carbocycles. The second kappa shape index (κ2) is 6.54. The van der Waals surface area contributed by atoms with Crippen LogP contribution in [0, 0.1) is 11.3 Å². The molecule has 0 aliphatic rings. The third-order valence-corrected chi connectivity index (χ3v) is 3.27. The summed E-state index contributed by atoms with van der Waals surface area (Å²) in [7, 11) is 0. The summed E-state index contributed by atoms with van der Waals surface area (Å²) in [6, 6.07) is 14.7. The van der Waals surface area contributed by atoms with E-state index >= 15 is 0 Å². The van der Waals surface area contributed by atoms with Crippen molar-refractivity contribution in [3.8, 4) is 6.07 Å². The van der Waals surface area contributed by atoms with E-state index in [0.717, 1.165) is 11.2 Å². The smallest absolute Gasteiger partial charge is 0.244 e. The number of pyridine rings is 1. The lowest BCUT2D eigenvalue weighted by atomic mass is 10.1. The number of hydrogen-bond acceptors (Lipinski definition) is 4. The van der Waals surface area contributed by atoms with Crippen LogP contribution in [-0.2, 0) is 11.3 Å². The van der Waals surface area contributed by atoms with Crippen molar-refractivity contribution in [2.24, 2.45) is 0 Å². The molecule has 0 bridgehead atoms. The van der Waals surface area contributed by atoms with Gasteiger partial charge in [0.05, 0.1) is 18.2 Å². The van der Waals surface area contributed by atoms with E-state index in [2.05, 4.69) is 21.6 Å². The summed E-state index contributed by atoms with van der Waals surface area (Å²) >= 11 is 0. The normalized spacial score (nSPS) is 10.7. The molecule has 1 amide bonds. The highest BCUT2D eigenvalue weighted by Gasteiger charge is 2.05. The predicted molar refractivity (Wildman–Crippen MR) is 85.0 cm³/mol. The molecule has 23 heavy (non-hydrogen) atoms. The van der Waals surface area contributed by atoms with Crippen LogP contribution in [0.3, 0.4) is 0 Å². The van der Waals surface area contributed by atoms with Crippen molar-refractivity contribution in [1.29, 1.82) is 5.26 Å². The summed E-state index contributed by atoms with van der Waals surface area (Å²) < 4.78 is 1.82. The fraction of sp³-hybridized carbons (Fsp3) is 0.0588. The molecule has 6 heteroatoms. The van der Waals surface area contributed by atoms with Crippen molar-refractivity contribution >= 4 is 17.6 Å². The third kappa shape index (κ3) is 3.41. The quantitative estimate of drug-likeness (QED) is 0.747. The maximum Gasteiger partial charge on any atom is 0.244 e. The van der Waals surface area contributed by atoms with Gasteiger partial charge < -0.3 is 5.32 Å². The Labute approximate surface area is 132 Å². The lowest BCUT2D eigenvalue weighted by molar-refractivity contribution is -0.116. The van der Waals surface area contributed by atoms with Crippen LogP contribution in [0.15, 0.2) is 54.7 Å². The second-order valence-corrected chi connectivity index (χ2v) is 4.83. The zero-order valence-corrected chi connectivity index (χ0v) is 12.2. The summed E-state index contributed by atoms with van der Waals surface area (Å²) in [5.41, 5.74) is 2.18. The SMILES string of the molecule is N#Cc1ccc(/C=C/C(=O)NCc2nnc3ccccn23)cc1. The van der Waals surface area contributed by atoms with Crippen molar-refractivity contribution in [3.63, 3.8) is 0 Å². The molecule has 2 heterocycles. The summed E-state index contributed by atoms with van der Waals surface area (Å²) in [4.78, 5) is 11.9. The summed E-state index contributed by atoms with van der Waals surface area (Å²) in [6.07, 6.45) is 4.99. The fourth-order valence-corrected chi connectivity index (χ4v) is 2.08. The molecular weight excluding hydrogens is 290 g/mol. The number of fused-ring (bicyclic) bond motifs is 1. The molecule has 0 fully saturated rings. The van der Waals surface area contributed by atoms with E-state index < -0.39 is 0 Å². The maximum absolute atomic E-state index is 11.9. The standard InChI is InChI=1S/C17H13N5O/c18-11-14-6-4-13(5-7-14)8-9-17(23)19-12-16-21-20-15-3-1-2-10-22(15)16/h1-10H,12H2,(H,19,23)/b9-8+. The first-order valence-electron chi connectivity index (χ1n) is 7.01. The van der Waals surface area contributed by atoms with Gasteiger partial charge >= 0.3 is 0 Å². The van der Waals surface area contributed by atoms with Gasteiger partial charge in [0.25, 0.3) is 0 Å². The zero-order valence-electron chi connectivity index (χ0n) is 12.2. The molecule has 0 radical (unpaired) electrons. The van der Waals surface area contributed by atoms with Crippen LogP contribution >= 0.6 is 0 Å². The van der Waals surface area contributed by atoms with Crippen LogP contribution < -0.4 is 5.32 Å². The largest absolute Gasteiger partial charge is 0.345 e. The molecule has 0 saturated heterocycles. The monoisotopic (exact) mass is 303 g/mol. The average Bonchev–Trinajstić information content (AvgIpc) is 3.02. The van der Waals surface area contributed by atoms with Crippen LogP contribution in [0.4, 0.5) is 0 Å². The lowest BCUT2D eigenvalue weighted by Crippen LogP contribution is -2.21. The molecule has 0 spiro atoms. The van der Waals surface area contributed by atoms with Gasteiger partial charge in [-0.3, -0.25) is 9.20 Å². The number of nitrogens with zero attached hydrogens (tertiary/aromatic N) is 4. The van der Waals surface area contributed by atoms with Gasteiger partial charge in [-0.15, -0.1) is 10.2 Å². The Morgan fingerprint density at radius 2 is 2.04 bits per heavy atom. The lowest BCUT2D eigenvalue weighted by Gasteiger charge is -2.01. The molecule has 0 atom stereocenters. The number of amides is 1. The van der Waals surface area contributed by atoms with Crippen LogP contribution in [-0.4, -0.2) is 20.5 Å². The minimum atomic E-state index is -0.220. The molecule has 2 aromatic heterocycles. The molecule has 6 nitrogen and oxygen atoms in total. The van der Waals surface area contributed by atoms with E-state index in [0.29, 0.717) is 17.9 Å². The number of rotatable bonds is 4. The van der Waals surface area contributed by atoms with E-state index in [9.17, 15) is 4.79 Å². The highest BCUT2D eigenvalue weighted by atomic mass is 16.1. The van der Waals surface area contributed by atoms with Crippen LogP contribution in [0.2, 0.25) is 0 Å². The molecular formula is C17H13N5O. The third-order valence-electron chi connectivity index (χ3n) is 3.27. The van der Waals surface area contributed by atoms with Crippen LogP contribution in [0.5, 0.6) is 0 Å². The zero-order chi connectivity index (χ0) is 16.1. The fourth-order valence-electron chi connectivity index (χ4n) is 2.08. The van der Waals surface area contributed by atoms with E-state index in [1.807, 2.05) is 28.8 Å². The van der Waals surface area contributed by atoms with E-state index in [1.54, 1.807) is 30.3 Å². The number of carbonyl (C=O) groups excluding carboxylic acids is 1. The summed E-state index contributed by atoms with van der Waals surface area (Å²) in [5, 5.41) is 19.6. The van der Waals surface area contributed by atoms with Crippen LogP contribution in [0.1, 0.15) is 17.0 Å². The molecule has 1 N–H and O–H groups in total. The Kier molecular flexibility index (Phi) is 4.11.